The van der Waals surface area contributed by atoms with Crippen molar-refractivity contribution in [2.75, 3.05) is 13.2 Å². The first-order valence-corrected chi connectivity index (χ1v) is 5.19. The van der Waals surface area contributed by atoms with Crippen molar-refractivity contribution in [3.8, 4) is 0 Å². The third-order valence-corrected chi connectivity index (χ3v) is 2.69. The maximum atomic E-state index is 10.6. The highest BCUT2D eigenvalue weighted by Crippen LogP contribution is 2.15. The lowest BCUT2D eigenvalue weighted by Gasteiger charge is -2.21. The lowest BCUT2D eigenvalue weighted by molar-refractivity contribution is -0.141. The predicted octanol–water partition coefficient (Wildman–Crippen LogP) is 0.864. The molecule has 4 nitrogen and oxygen atoms in total. The molecule has 0 aromatic rings. The van der Waals surface area contributed by atoms with Crippen LogP contribution in [0.4, 0.5) is 0 Å². The molecular formula is C10H19NO3. The molecule has 0 aliphatic carbocycles. The van der Waals surface area contributed by atoms with Crippen molar-refractivity contribution in [1.82, 2.24) is 5.32 Å². The summed E-state index contributed by atoms with van der Waals surface area (Å²) in [5.41, 5.74) is 0. The number of aliphatic carboxylic acids is 1. The highest BCUT2D eigenvalue weighted by molar-refractivity contribution is 5.69. The average Bonchev–Trinajstić information content (AvgIpc) is 2.66. The minimum Gasteiger partial charge on any atom is -0.481 e. The van der Waals surface area contributed by atoms with Crippen molar-refractivity contribution in [2.45, 2.75) is 38.8 Å². The molecule has 14 heavy (non-hydrogen) atoms. The van der Waals surface area contributed by atoms with Crippen LogP contribution in [-0.4, -0.2) is 36.4 Å². The molecule has 0 saturated carbocycles. The van der Waals surface area contributed by atoms with E-state index in [1.54, 1.807) is 6.92 Å². The number of carbonyl (C=O) groups is 1. The Morgan fingerprint density at radius 2 is 2.36 bits per heavy atom. The van der Waals surface area contributed by atoms with E-state index in [1.165, 1.54) is 0 Å². The number of nitrogens with one attached hydrogen (secondary N) is 1. The minimum absolute atomic E-state index is 0.249. The number of carboxylic acids is 1. The van der Waals surface area contributed by atoms with Crippen molar-refractivity contribution in [2.24, 2.45) is 5.92 Å². The lowest BCUT2D eigenvalue weighted by atomic mass is 10.1. The third kappa shape index (κ3) is 3.27. The van der Waals surface area contributed by atoms with Crippen LogP contribution < -0.4 is 5.32 Å². The number of ether oxygens (including phenoxy) is 1. The molecule has 0 bridgehead atoms. The van der Waals surface area contributed by atoms with Crippen LogP contribution in [0.25, 0.3) is 0 Å². The monoisotopic (exact) mass is 201 g/mol. The van der Waals surface area contributed by atoms with E-state index in [1.807, 2.05) is 6.92 Å². The van der Waals surface area contributed by atoms with E-state index < -0.39 is 5.97 Å². The van der Waals surface area contributed by atoms with Crippen molar-refractivity contribution in [3.63, 3.8) is 0 Å². The molecular weight excluding hydrogens is 182 g/mol. The van der Waals surface area contributed by atoms with Crippen molar-refractivity contribution >= 4 is 5.97 Å². The Bertz CT molecular complexity index is 190. The van der Waals surface area contributed by atoms with Crippen LogP contribution in [0.1, 0.15) is 26.7 Å². The molecule has 1 heterocycles. The second kappa shape index (κ2) is 5.32. The molecule has 4 heteroatoms. The zero-order valence-corrected chi connectivity index (χ0v) is 8.82. The summed E-state index contributed by atoms with van der Waals surface area (Å²) in [5.74, 6) is -1.09. The van der Waals surface area contributed by atoms with E-state index in [0.717, 1.165) is 19.4 Å². The van der Waals surface area contributed by atoms with Crippen molar-refractivity contribution in [1.29, 1.82) is 0 Å². The molecule has 0 radical (unpaired) electrons. The zero-order valence-electron chi connectivity index (χ0n) is 8.82. The molecule has 1 rings (SSSR count). The Labute approximate surface area is 84.6 Å². The summed E-state index contributed by atoms with van der Waals surface area (Å²) in [6.07, 6.45) is 2.46. The minimum atomic E-state index is -0.753. The fourth-order valence-electron chi connectivity index (χ4n) is 1.58. The largest absolute Gasteiger partial charge is 0.481 e. The van der Waals surface area contributed by atoms with Crippen LogP contribution in [-0.2, 0) is 9.53 Å². The fraction of sp³-hybridized carbons (Fsp3) is 0.900. The SMILES string of the molecule is CC(CNC(C)C1CCCO1)C(=O)O. The third-order valence-electron chi connectivity index (χ3n) is 2.69. The van der Waals surface area contributed by atoms with Gasteiger partial charge in [-0.1, -0.05) is 6.92 Å². The van der Waals surface area contributed by atoms with E-state index in [0.29, 0.717) is 6.54 Å². The lowest BCUT2D eigenvalue weighted by Crippen LogP contribution is -2.40. The Balaban J connectivity index is 2.19. The van der Waals surface area contributed by atoms with Gasteiger partial charge in [0.15, 0.2) is 0 Å². The van der Waals surface area contributed by atoms with Gasteiger partial charge < -0.3 is 15.2 Å². The Hall–Kier alpha value is -0.610. The van der Waals surface area contributed by atoms with Gasteiger partial charge in [0.2, 0.25) is 0 Å². The van der Waals surface area contributed by atoms with Gasteiger partial charge in [-0.2, -0.15) is 0 Å². The molecule has 0 aromatic heterocycles. The molecule has 3 unspecified atom stereocenters. The maximum absolute atomic E-state index is 10.6. The smallest absolute Gasteiger partial charge is 0.307 e. The molecule has 1 fully saturated rings. The summed E-state index contributed by atoms with van der Waals surface area (Å²) in [4.78, 5) is 10.6. The van der Waals surface area contributed by atoms with Crippen LogP contribution in [0.2, 0.25) is 0 Å². The highest BCUT2D eigenvalue weighted by Gasteiger charge is 2.22. The van der Waals surface area contributed by atoms with Gasteiger partial charge in [-0.15, -0.1) is 0 Å². The van der Waals surface area contributed by atoms with Crippen LogP contribution in [0, 0.1) is 5.92 Å². The molecule has 0 aromatic carbocycles. The van der Waals surface area contributed by atoms with E-state index in [4.69, 9.17) is 9.84 Å². The molecule has 1 aliphatic rings. The standard InChI is InChI=1S/C10H19NO3/c1-7(10(12)13)6-11-8(2)9-4-3-5-14-9/h7-9,11H,3-6H2,1-2H3,(H,12,13). The fourth-order valence-corrected chi connectivity index (χ4v) is 1.58. The Kier molecular flexibility index (Phi) is 4.35. The van der Waals surface area contributed by atoms with E-state index in [2.05, 4.69) is 5.32 Å². The van der Waals surface area contributed by atoms with Gasteiger partial charge >= 0.3 is 5.97 Å². The quantitative estimate of drug-likeness (QED) is 0.692. The summed E-state index contributed by atoms with van der Waals surface area (Å²) in [6, 6.07) is 0.249. The highest BCUT2D eigenvalue weighted by atomic mass is 16.5. The van der Waals surface area contributed by atoms with Gasteiger partial charge in [0.05, 0.1) is 12.0 Å². The summed E-state index contributed by atoms with van der Waals surface area (Å²) >= 11 is 0. The topological polar surface area (TPSA) is 58.6 Å². The first-order chi connectivity index (χ1) is 6.61. The zero-order chi connectivity index (χ0) is 10.6. The number of carboxylic acid groups (broad SMARTS) is 1. The van der Waals surface area contributed by atoms with Gasteiger partial charge in [-0.3, -0.25) is 4.79 Å². The van der Waals surface area contributed by atoms with Gasteiger partial charge in [-0.25, -0.2) is 0 Å². The second-order valence-corrected chi connectivity index (χ2v) is 3.99. The normalized spacial score (nSPS) is 26.0. The van der Waals surface area contributed by atoms with Crippen molar-refractivity contribution in [3.05, 3.63) is 0 Å². The number of rotatable bonds is 5. The van der Waals surface area contributed by atoms with Gasteiger partial charge in [0, 0.05) is 19.2 Å². The van der Waals surface area contributed by atoms with Crippen LogP contribution in [0.5, 0.6) is 0 Å². The molecule has 0 spiro atoms. The van der Waals surface area contributed by atoms with Gasteiger partial charge in [-0.05, 0) is 19.8 Å². The maximum Gasteiger partial charge on any atom is 0.307 e. The summed E-state index contributed by atoms with van der Waals surface area (Å²) in [5, 5.41) is 11.9. The van der Waals surface area contributed by atoms with E-state index in [9.17, 15) is 4.79 Å². The Morgan fingerprint density at radius 3 is 2.86 bits per heavy atom. The number of hydrogen-bond donors (Lipinski definition) is 2. The van der Waals surface area contributed by atoms with E-state index >= 15 is 0 Å². The molecule has 0 amide bonds. The molecule has 1 saturated heterocycles. The van der Waals surface area contributed by atoms with E-state index in [-0.39, 0.29) is 18.1 Å². The first-order valence-electron chi connectivity index (χ1n) is 5.19. The summed E-state index contributed by atoms with van der Waals surface area (Å²) < 4.78 is 5.50. The second-order valence-electron chi connectivity index (χ2n) is 3.99. The Morgan fingerprint density at radius 1 is 1.64 bits per heavy atom. The van der Waals surface area contributed by atoms with Crippen molar-refractivity contribution < 1.29 is 14.6 Å². The summed E-state index contributed by atoms with van der Waals surface area (Å²) in [6.45, 7) is 5.10. The molecule has 2 N–H and O–H groups in total. The number of hydrogen-bond acceptors (Lipinski definition) is 3. The van der Waals surface area contributed by atoms with Gasteiger partial charge in [0.25, 0.3) is 0 Å². The van der Waals surface area contributed by atoms with Gasteiger partial charge in [0.1, 0.15) is 0 Å². The molecule has 82 valence electrons. The summed E-state index contributed by atoms with van der Waals surface area (Å²) in [7, 11) is 0. The molecule has 1 aliphatic heterocycles. The van der Waals surface area contributed by atoms with Crippen LogP contribution in [0.3, 0.4) is 0 Å². The first kappa shape index (κ1) is 11.5. The van der Waals surface area contributed by atoms with Crippen LogP contribution in [0.15, 0.2) is 0 Å². The predicted molar refractivity (Wildman–Crippen MR) is 53.2 cm³/mol. The molecule has 3 atom stereocenters. The average molecular weight is 201 g/mol. The van der Waals surface area contributed by atoms with Crippen LogP contribution >= 0.6 is 0 Å².